The number of halogens is 4. The molecule has 0 unspecified atom stereocenters. The minimum atomic E-state index is -0.283. The predicted octanol–water partition coefficient (Wildman–Crippen LogP) is 5.47. The van der Waals surface area contributed by atoms with Gasteiger partial charge in [-0.2, -0.15) is 0 Å². The minimum absolute atomic E-state index is 0.219. The van der Waals surface area contributed by atoms with Crippen molar-refractivity contribution >= 4 is 56.8 Å². The molecular formula is C15H10Cl2FIN2. The summed E-state index contributed by atoms with van der Waals surface area (Å²) < 4.78 is 16.3. The van der Waals surface area contributed by atoms with Gasteiger partial charge < -0.3 is 0 Å². The Morgan fingerprint density at radius 2 is 2.05 bits per heavy atom. The van der Waals surface area contributed by atoms with E-state index in [4.69, 9.17) is 23.2 Å². The Hall–Kier alpha value is -0.850. The molecule has 2 nitrogen and oxygen atoms in total. The third kappa shape index (κ3) is 2.64. The van der Waals surface area contributed by atoms with Crippen LogP contribution in [-0.4, -0.2) is 9.55 Å². The van der Waals surface area contributed by atoms with Gasteiger partial charge in [-0.25, -0.2) is 9.37 Å². The Balaban J connectivity index is 2.40. The third-order valence-electron chi connectivity index (χ3n) is 3.23. The van der Waals surface area contributed by atoms with Gasteiger partial charge in [0.25, 0.3) is 0 Å². The van der Waals surface area contributed by atoms with Gasteiger partial charge in [-0.1, -0.05) is 17.7 Å². The van der Waals surface area contributed by atoms with Gasteiger partial charge in [0.1, 0.15) is 11.6 Å². The van der Waals surface area contributed by atoms with Gasteiger partial charge in [0.15, 0.2) is 0 Å². The number of nitrogens with zero attached hydrogens (tertiary/aromatic N) is 2. The van der Waals surface area contributed by atoms with Crippen LogP contribution < -0.4 is 0 Å². The standard InChI is InChI=1S/C15H10Cl2FIN2/c1-8-2-3-9(17)13(4-8)21-14-5-10(18)11(19)6-12(14)20-15(21)7-16/h2-6H,7H2,1H3. The molecule has 0 spiro atoms. The number of benzene rings is 2. The fraction of sp³-hybridized carbons (Fsp3) is 0.133. The zero-order valence-corrected chi connectivity index (χ0v) is 14.7. The van der Waals surface area contributed by atoms with Crippen molar-refractivity contribution in [2.75, 3.05) is 0 Å². The highest BCUT2D eigenvalue weighted by Gasteiger charge is 2.16. The zero-order chi connectivity index (χ0) is 15.1. The number of rotatable bonds is 2. The van der Waals surface area contributed by atoms with E-state index >= 15 is 0 Å². The maximum Gasteiger partial charge on any atom is 0.138 e. The largest absolute Gasteiger partial charge is 0.294 e. The maximum absolute atomic E-state index is 13.9. The van der Waals surface area contributed by atoms with Crippen molar-refractivity contribution in [2.45, 2.75) is 12.8 Å². The van der Waals surface area contributed by atoms with Gasteiger partial charge in [0.2, 0.25) is 0 Å². The Labute approximate surface area is 145 Å². The molecule has 0 N–H and O–H groups in total. The molecule has 0 saturated heterocycles. The predicted molar refractivity (Wildman–Crippen MR) is 93.0 cm³/mol. The number of alkyl halides is 1. The minimum Gasteiger partial charge on any atom is -0.294 e. The Morgan fingerprint density at radius 1 is 1.29 bits per heavy atom. The van der Waals surface area contributed by atoms with Crippen LogP contribution in [0, 0.1) is 16.3 Å². The van der Waals surface area contributed by atoms with Crippen LogP contribution in [0.1, 0.15) is 11.4 Å². The van der Waals surface area contributed by atoms with Crippen LogP contribution in [0.25, 0.3) is 16.7 Å². The number of aryl methyl sites for hydroxylation is 1. The van der Waals surface area contributed by atoms with Crippen molar-refractivity contribution in [1.82, 2.24) is 9.55 Å². The second-order valence-electron chi connectivity index (χ2n) is 4.71. The number of hydrogen-bond acceptors (Lipinski definition) is 1. The van der Waals surface area contributed by atoms with Crippen LogP contribution in [0.5, 0.6) is 0 Å². The summed E-state index contributed by atoms with van der Waals surface area (Å²) in [5.41, 5.74) is 3.18. The molecule has 2 aromatic carbocycles. The molecule has 1 heterocycles. The van der Waals surface area contributed by atoms with Crippen molar-refractivity contribution in [2.24, 2.45) is 0 Å². The first-order chi connectivity index (χ1) is 10.0. The molecule has 0 amide bonds. The topological polar surface area (TPSA) is 17.8 Å². The summed E-state index contributed by atoms with van der Waals surface area (Å²) in [6.07, 6.45) is 0. The SMILES string of the molecule is Cc1ccc(Cl)c(-n2c(CCl)nc3cc(I)c(F)cc32)c1. The second-order valence-corrected chi connectivity index (χ2v) is 6.54. The fourth-order valence-electron chi connectivity index (χ4n) is 2.28. The van der Waals surface area contributed by atoms with Crippen LogP contribution in [0.2, 0.25) is 5.02 Å². The molecule has 3 aromatic rings. The van der Waals surface area contributed by atoms with Crippen molar-refractivity contribution in [3.05, 3.63) is 56.1 Å². The quantitative estimate of drug-likeness (QED) is 0.386. The average Bonchev–Trinajstić information content (AvgIpc) is 2.79. The van der Waals surface area contributed by atoms with Crippen LogP contribution in [0.15, 0.2) is 30.3 Å². The Morgan fingerprint density at radius 3 is 2.76 bits per heavy atom. The molecule has 0 aliphatic rings. The number of fused-ring (bicyclic) bond motifs is 1. The van der Waals surface area contributed by atoms with Gasteiger partial charge in [-0.05, 0) is 53.3 Å². The molecule has 6 heteroatoms. The summed E-state index contributed by atoms with van der Waals surface area (Å²) >= 11 is 14.3. The molecule has 0 aliphatic carbocycles. The highest BCUT2D eigenvalue weighted by molar-refractivity contribution is 14.1. The molecule has 21 heavy (non-hydrogen) atoms. The van der Waals surface area contributed by atoms with E-state index in [9.17, 15) is 4.39 Å². The van der Waals surface area contributed by atoms with E-state index in [1.54, 1.807) is 6.07 Å². The second kappa shape index (κ2) is 5.74. The summed E-state index contributed by atoms with van der Waals surface area (Å²) in [6, 6.07) is 8.86. The molecule has 108 valence electrons. The normalized spacial score (nSPS) is 11.3. The van der Waals surface area contributed by atoms with Crippen molar-refractivity contribution in [3.63, 3.8) is 0 Å². The summed E-state index contributed by atoms with van der Waals surface area (Å²) in [5.74, 6) is 0.576. The van der Waals surface area contributed by atoms with E-state index in [0.29, 0.717) is 25.5 Å². The van der Waals surface area contributed by atoms with Crippen LogP contribution in [0.3, 0.4) is 0 Å². The van der Waals surface area contributed by atoms with Crippen molar-refractivity contribution in [1.29, 1.82) is 0 Å². The lowest BCUT2D eigenvalue weighted by molar-refractivity contribution is 0.622. The third-order valence-corrected chi connectivity index (χ3v) is 4.61. The number of imidazole rings is 1. The van der Waals surface area contributed by atoms with Gasteiger partial charge in [0.05, 0.1) is 31.2 Å². The molecule has 0 radical (unpaired) electrons. The first-order valence-electron chi connectivity index (χ1n) is 6.20. The summed E-state index contributed by atoms with van der Waals surface area (Å²) in [7, 11) is 0. The zero-order valence-electron chi connectivity index (χ0n) is 11.0. The molecule has 0 saturated carbocycles. The molecule has 0 fully saturated rings. The van der Waals surface area contributed by atoms with Crippen molar-refractivity contribution in [3.8, 4) is 5.69 Å². The molecule has 0 aliphatic heterocycles. The van der Waals surface area contributed by atoms with E-state index in [-0.39, 0.29) is 11.7 Å². The van der Waals surface area contributed by atoms with Gasteiger partial charge in [-0.15, -0.1) is 11.6 Å². The van der Waals surface area contributed by atoms with Crippen LogP contribution >= 0.6 is 45.8 Å². The van der Waals surface area contributed by atoms with Crippen molar-refractivity contribution < 1.29 is 4.39 Å². The van der Waals surface area contributed by atoms with Gasteiger partial charge in [0, 0.05) is 6.07 Å². The molecular weight excluding hydrogens is 425 g/mol. The van der Waals surface area contributed by atoms with Gasteiger partial charge in [-0.3, -0.25) is 4.57 Å². The number of aromatic nitrogens is 2. The highest BCUT2D eigenvalue weighted by Crippen LogP contribution is 2.30. The van der Waals surface area contributed by atoms with E-state index in [1.807, 2.05) is 52.3 Å². The lowest BCUT2D eigenvalue weighted by Gasteiger charge is -2.11. The van der Waals surface area contributed by atoms with E-state index in [0.717, 1.165) is 11.3 Å². The van der Waals surface area contributed by atoms with E-state index < -0.39 is 0 Å². The van der Waals surface area contributed by atoms with E-state index in [2.05, 4.69) is 4.98 Å². The van der Waals surface area contributed by atoms with Gasteiger partial charge >= 0.3 is 0 Å². The Kier molecular flexibility index (Phi) is 4.12. The number of hydrogen-bond donors (Lipinski definition) is 0. The van der Waals surface area contributed by atoms with E-state index in [1.165, 1.54) is 6.07 Å². The summed E-state index contributed by atoms with van der Waals surface area (Å²) in [5, 5.41) is 0.574. The lowest BCUT2D eigenvalue weighted by Crippen LogP contribution is -2.01. The van der Waals surface area contributed by atoms with Crippen LogP contribution in [-0.2, 0) is 5.88 Å². The summed E-state index contributed by atoms with van der Waals surface area (Å²) in [4.78, 5) is 4.48. The smallest absolute Gasteiger partial charge is 0.138 e. The molecule has 0 atom stereocenters. The first-order valence-corrected chi connectivity index (χ1v) is 8.19. The first kappa shape index (κ1) is 15.1. The molecule has 3 rings (SSSR count). The van der Waals surface area contributed by atoms with Crippen LogP contribution in [0.4, 0.5) is 4.39 Å². The highest BCUT2D eigenvalue weighted by atomic mass is 127. The summed E-state index contributed by atoms with van der Waals surface area (Å²) in [6.45, 7) is 1.98. The Bertz CT molecular complexity index is 845. The fourth-order valence-corrected chi connectivity index (χ4v) is 3.11. The average molecular weight is 435 g/mol. The lowest BCUT2D eigenvalue weighted by atomic mass is 10.2. The maximum atomic E-state index is 13.9. The molecule has 1 aromatic heterocycles. The molecule has 0 bridgehead atoms. The monoisotopic (exact) mass is 434 g/mol.